The maximum atomic E-state index is 13.6. The Kier molecular flexibility index (Phi) is 26.1. The van der Waals surface area contributed by atoms with E-state index in [9.17, 15) is 48.9 Å². The first kappa shape index (κ1) is 71.5. The van der Waals surface area contributed by atoms with Gasteiger partial charge < -0.3 is 55.9 Å². The van der Waals surface area contributed by atoms with Crippen LogP contribution in [0.25, 0.3) is 0 Å². The van der Waals surface area contributed by atoms with Crippen molar-refractivity contribution in [2.45, 2.75) is 185 Å². The zero-order valence-electron chi connectivity index (χ0n) is 49.7. The predicted octanol–water partition coefficient (Wildman–Crippen LogP) is 12.1. The van der Waals surface area contributed by atoms with Crippen LogP contribution in [0, 0.1) is 95.7 Å². The fourth-order valence-corrected chi connectivity index (χ4v) is 16.2. The number of amides is 2. The van der Waals surface area contributed by atoms with Gasteiger partial charge in [0, 0.05) is 44.7 Å². The summed E-state index contributed by atoms with van der Waals surface area (Å²) in [5, 5.41) is 49.0. The molecule has 18 nitrogen and oxygen atoms in total. The Morgan fingerprint density at radius 2 is 1.21 bits per heavy atom. The highest BCUT2D eigenvalue weighted by molar-refractivity contribution is 5.91. The summed E-state index contributed by atoms with van der Waals surface area (Å²) < 4.78 is 18.0. The topological polar surface area (TPSA) is 276 Å². The van der Waals surface area contributed by atoms with Gasteiger partial charge in [-0.05, 0) is 166 Å². The molecule has 85 heavy (non-hydrogen) atoms. The number of nitrogens with one attached hydrogen (secondary N) is 4. The Labute approximate surface area is 506 Å². The molecular formula is C67H104N4O14. The molecule has 0 radical (unpaired) electrons. The zero-order valence-corrected chi connectivity index (χ0v) is 49.7. The van der Waals surface area contributed by atoms with Crippen molar-refractivity contribution in [2.24, 2.45) is 81.8 Å². The van der Waals surface area contributed by atoms with Crippen molar-refractivity contribution in [3.8, 4) is 0 Å². The molecule has 0 aromatic heterocycles. The zero-order chi connectivity index (χ0) is 59.8. The molecule has 2 amide bonds. The smallest absolute Gasteiger partial charge is 0.338 e. The molecule has 16 atom stereocenters. The Morgan fingerprint density at radius 1 is 0.659 bits per heavy atom. The van der Waals surface area contributed by atoms with E-state index in [1.807, 2.05) is 50.2 Å². The molecule has 0 heterocycles. The molecule has 5 fully saturated rings. The van der Waals surface area contributed by atoms with Crippen LogP contribution in [-0.2, 0) is 43.0 Å². The van der Waals surface area contributed by atoms with Crippen LogP contribution in [0.4, 0.5) is 11.4 Å². The van der Waals surface area contributed by atoms with Crippen molar-refractivity contribution in [2.75, 3.05) is 38.2 Å². The minimum atomic E-state index is -1.16. The van der Waals surface area contributed by atoms with E-state index in [1.165, 1.54) is 64.6 Å². The fraction of sp³-hybridized carbons (Fsp3) is 0.687. The van der Waals surface area contributed by atoms with Crippen LogP contribution >= 0.6 is 0 Å². The van der Waals surface area contributed by atoms with Crippen molar-refractivity contribution < 1.29 is 68.2 Å². The second-order valence-electron chi connectivity index (χ2n) is 25.7. The summed E-state index contributed by atoms with van der Waals surface area (Å²) >= 11 is 0. The number of allylic oxidation sites excluding steroid dienone is 1. The average molecular weight is 1190 g/mol. The molecule has 0 aliphatic heterocycles. The summed E-state index contributed by atoms with van der Waals surface area (Å²) in [6, 6.07) is 13.1. The minimum Gasteiger partial charge on any atom is -0.481 e. The molecule has 0 spiro atoms. The van der Waals surface area contributed by atoms with Crippen molar-refractivity contribution in [3.63, 3.8) is 0 Å². The highest BCUT2D eigenvalue weighted by atomic mass is 16.5. The van der Waals surface area contributed by atoms with Gasteiger partial charge in [0.15, 0.2) is 0 Å². The van der Waals surface area contributed by atoms with Gasteiger partial charge in [-0.25, -0.2) is 4.79 Å². The molecule has 8 rings (SSSR count). The standard InChI is InChI=1S/C46H68N2O8.C18H24N2O6.3CH4/c1-26(2)9-8-10-28(4)36-13-14-37-33-12-11-30-22-32(15-17-45(30,5)38(33)16-18-46(36,37)6)56-44(54)29-19-27(3)20-31(21-29)48-25-55-39-23-35(43(52)53)34(24-40(49)50)41(39)42(51)47-7;1-10-3-5-11(6-4-10)20-9-26-14-7-13(18(24)25)12(8-15(21)22)16(14)17(23)19-2;;;/h11,19-21,26,28,32-39,41,48H,8-10,12-18,22-25H2,1-7H3,(H,47,51)(H,49,50)(H,52,53);3-6,12-14,16,20H,7-9H2,1-2H3,(H,19,23)(H,21,22)(H,24,25);3*1H4. The normalized spacial score (nSPS) is 30.9. The van der Waals surface area contributed by atoms with Crippen molar-refractivity contribution in [1.82, 2.24) is 10.6 Å². The lowest BCUT2D eigenvalue weighted by Gasteiger charge is -2.58. The number of carbonyl (C=O) groups excluding carboxylic acids is 3. The molecule has 18 heteroatoms. The molecule has 476 valence electrons. The van der Waals surface area contributed by atoms with Crippen LogP contribution in [0.5, 0.6) is 0 Å². The monoisotopic (exact) mass is 1190 g/mol. The van der Waals surface area contributed by atoms with Gasteiger partial charge >= 0.3 is 29.8 Å². The molecule has 2 aromatic rings. The summed E-state index contributed by atoms with van der Waals surface area (Å²) in [4.78, 5) is 84.9. The van der Waals surface area contributed by atoms with Crippen LogP contribution in [0.2, 0.25) is 0 Å². The molecule has 8 N–H and O–H groups in total. The maximum Gasteiger partial charge on any atom is 0.338 e. The first-order valence-corrected chi connectivity index (χ1v) is 30.0. The molecule has 16 unspecified atom stereocenters. The van der Waals surface area contributed by atoms with E-state index in [4.69, 9.17) is 19.3 Å². The second-order valence-corrected chi connectivity index (χ2v) is 25.7. The van der Waals surface area contributed by atoms with Gasteiger partial charge in [-0.3, -0.25) is 28.8 Å². The number of benzene rings is 2. The maximum absolute atomic E-state index is 13.6. The van der Waals surface area contributed by atoms with Gasteiger partial charge in [0.2, 0.25) is 11.8 Å². The fourth-order valence-electron chi connectivity index (χ4n) is 16.2. The van der Waals surface area contributed by atoms with E-state index in [0.29, 0.717) is 22.6 Å². The Morgan fingerprint density at radius 3 is 1.73 bits per heavy atom. The number of hydrogen-bond donors (Lipinski definition) is 8. The van der Waals surface area contributed by atoms with Crippen LogP contribution in [0.15, 0.2) is 54.1 Å². The van der Waals surface area contributed by atoms with Gasteiger partial charge in [-0.1, -0.05) is 106 Å². The molecule has 0 bridgehead atoms. The number of ether oxygens (including phenoxy) is 3. The van der Waals surface area contributed by atoms with Crippen molar-refractivity contribution >= 4 is 53.0 Å². The Balaban J connectivity index is 0.000000451. The van der Waals surface area contributed by atoms with E-state index in [0.717, 1.165) is 72.1 Å². The lowest BCUT2D eigenvalue weighted by Crippen LogP contribution is -2.51. The van der Waals surface area contributed by atoms with Crippen LogP contribution < -0.4 is 21.3 Å². The second kappa shape index (κ2) is 31.1. The third-order valence-electron chi connectivity index (χ3n) is 20.3. The number of aliphatic carboxylic acids is 4. The number of carboxylic acid groups (broad SMARTS) is 4. The van der Waals surface area contributed by atoms with Gasteiger partial charge in [0.1, 0.15) is 19.6 Å². The van der Waals surface area contributed by atoms with E-state index in [-0.39, 0.29) is 72.5 Å². The first-order chi connectivity index (χ1) is 38.9. The lowest BCUT2D eigenvalue weighted by molar-refractivity contribution is -0.148. The molecule has 0 saturated heterocycles. The quantitative estimate of drug-likeness (QED) is 0.0292. The first-order valence-electron chi connectivity index (χ1n) is 30.0. The third kappa shape index (κ3) is 16.7. The summed E-state index contributed by atoms with van der Waals surface area (Å²) in [5.74, 6) is -6.44. The van der Waals surface area contributed by atoms with E-state index in [1.54, 1.807) is 6.07 Å². The molecular weight excluding hydrogens is 1080 g/mol. The van der Waals surface area contributed by atoms with Gasteiger partial charge in [-0.15, -0.1) is 0 Å². The van der Waals surface area contributed by atoms with Crippen molar-refractivity contribution in [3.05, 3.63) is 70.8 Å². The highest BCUT2D eigenvalue weighted by Crippen LogP contribution is 2.67. The van der Waals surface area contributed by atoms with E-state index >= 15 is 0 Å². The number of carbonyl (C=O) groups is 7. The average Bonchev–Trinajstić information content (AvgIpc) is 1.80. The van der Waals surface area contributed by atoms with Crippen LogP contribution in [-0.4, -0.2) is 108 Å². The number of carboxylic acids is 4. The molecule has 6 aliphatic rings. The highest BCUT2D eigenvalue weighted by Gasteiger charge is 2.60. The summed E-state index contributed by atoms with van der Waals surface area (Å²) in [6.45, 7) is 16.3. The lowest BCUT2D eigenvalue weighted by atomic mass is 9.47. The SMILES string of the molecule is C.C.C.CNC(=O)C1C(OCNc2cc(C)cc(C(=O)OC3CCC4(C)C(=CCC5C4CCC4(C)C(C(C)CCCC(C)C)CCC54)C3)c2)CC(C(=O)O)C1CC(=O)O.CNC(=O)C1C(OCNc2ccc(C)cc2)CC(C(=O)O)C1CC(=O)O. The van der Waals surface area contributed by atoms with Crippen molar-refractivity contribution in [1.29, 1.82) is 0 Å². The number of aryl methyl sites for hydroxylation is 2. The number of esters is 1. The van der Waals surface area contributed by atoms with Gasteiger partial charge in [0.25, 0.3) is 0 Å². The number of hydrogen-bond acceptors (Lipinski definition) is 12. The van der Waals surface area contributed by atoms with E-state index < -0.39 is 89.8 Å². The number of rotatable bonds is 23. The molecule has 6 aliphatic carbocycles. The minimum absolute atomic E-state index is 0. The Bertz CT molecular complexity index is 2640. The summed E-state index contributed by atoms with van der Waals surface area (Å²) in [5.41, 5.74) is 6.00. The van der Waals surface area contributed by atoms with Crippen LogP contribution in [0.3, 0.4) is 0 Å². The summed E-state index contributed by atoms with van der Waals surface area (Å²) in [6.07, 6.45) is 13.6. The third-order valence-corrected chi connectivity index (χ3v) is 20.3. The van der Waals surface area contributed by atoms with Gasteiger partial charge in [0.05, 0.1) is 41.4 Å². The molecule has 2 aromatic carbocycles. The number of fused-ring (bicyclic) bond motifs is 5. The largest absolute Gasteiger partial charge is 0.481 e. The molecule has 5 saturated carbocycles. The number of anilines is 2. The summed E-state index contributed by atoms with van der Waals surface area (Å²) in [7, 11) is 2.88. The van der Waals surface area contributed by atoms with Crippen LogP contribution in [0.1, 0.15) is 175 Å². The van der Waals surface area contributed by atoms with E-state index in [2.05, 4.69) is 62.0 Å². The Hall–Kier alpha value is -6.01. The predicted molar refractivity (Wildman–Crippen MR) is 330 cm³/mol. The van der Waals surface area contributed by atoms with Gasteiger partial charge in [-0.2, -0.15) is 0 Å².